The summed E-state index contributed by atoms with van der Waals surface area (Å²) in [7, 11) is 0. The standard InChI is InChI=1S/C14H15NO3/c15-9-11-4-6-12(7-5-11)14(16)18-10-13-3-1-2-8-17-13/h4-7,13H,1-3,8,10H2. The van der Waals surface area contributed by atoms with E-state index < -0.39 is 0 Å². The molecule has 0 aromatic heterocycles. The van der Waals surface area contributed by atoms with Crippen LogP contribution in [0.5, 0.6) is 0 Å². The first-order valence-corrected chi connectivity index (χ1v) is 6.08. The molecule has 0 N–H and O–H groups in total. The van der Waals surface area contributed by atoms with Crippen LogP contribution in [0, 0.1) is 11.3 Å². The number of esters is 1. The van der Waals surface area contributed by atoms with Gasteiger partial charge >= 0.3 is 5.97 Å². The van der Waals surface area contributed by atoms with Crippen LogP contribution in [0.25, 0.3) is 0 Å². The minimum absolute atomic E-state index is 0.0288. The van der Waals surface area contributed by atoms with Crippen molar-refractivity contribution in [1.29, 1.82) is 5.26 Å². The third-order valence-electron chi connectivity index (χ3n) is 2.92. The molecule has 4 nitrogen and oxygen atoms in total. The molecule has 0 saturated carbocycles. The molecule has 0 amide bonds. The average molecular weight is 245 g/mol. The van der Waals surface area contributed by atoms with Crippen molar-refractivity contribution in [2.75, 3.05) is 13.2 Å². The zero-order valence-electron chi connectivity index (χ0n) is 10.1. The summed E-state index contributed by atoms with van der Waals surface area (Å²) in [5, 5.41) is 8.66. The summed E-state index contributed by atoms with van der Waals surface area (Å²) >= 11 is 0. The lowest BCUT2D eigenvalue weighted by atomic mass is 10.1. The first-order chi connectivity index (χ1) is 8.79. The molecule has 94 valence electrons. The Hall–Kier alpha value is -1.86. The van der Waals surface area contributed by atoms with E-state index in [1.54, 1.807) is 24.3 Å². The van der Waals surface area contributed by atoms with Gasteiger partial charge in [-0.25, -0.2) is 4.79 Å². The smallest absolute Gasteiger partial charge is 0.338 e. The molecule has 0 bridgehead atoms. The molecule has 1 aliphatic rings. The summed E-state index contributed by atoms with van der Waals surface area (Å²) in [6, 6.07) is 8.41. The first kappa shape index (κ1) is 12.6. The Balaban J connectivity index is 1.85. The summed E-state index contributed by atoms with van der Waals surface area (Å²) in [5.74, 6) is -0.367. The largest absolute Gasteiger partial charge is 0.459 e. The van der Waals surface area contributed by atoms with Crippen LogP contribution < -0.4 is 0 Å². The molecule has 1 atom stereocenters. The van der Waals surface area contributed by atoms with Gasteiger partial charge in [-0.2, -0.15) is 5.26 Å². The first-order valence-electron chi connectivity index (χ1n) is 6.08. The summed E-state index contributed by atoms with van der Waals surface area (Å²) in [5.41, 5.74) is 0.993. The van der Waals surface area contributed by atoms with Gasteiger partial charge in [0, 0.05) is 6.61 Å². The van der Waals surface area contributed by atoms with E-state index in [0.29, 0.717) is 17.7 Å². The van der Waals surface area contributed by atoms with Crippen LogP contribution in [0.1, 0.15) is 35.2 Å². The van der Waals surface area contributed by atoms with E-state index in [4.69, 9.17) is 14.7 Å². The molecule has 2 rings (SSSR count). The fraction of sp³-hybridized carbons (Fsp3) is 0.429. The zero-order valence-corrected chi connectivity index (χ0v) is 10.1. The van der Waals surface area contributed by atoms with Gasteiger partial charge in [0.05, 0.1) is 23.3 Å². The number of ether oxygens (including phenoxy) is 2. The molecule has 4 heteroatoms. The number of rotatable bonds is 3. The van der Waals surface area contributed by atoms with Crippen LogP contribution in [-0.4, -0.2) is 25.3 Å². The Morgan fingerprint density at radius 3 is 2.78 bits per heavy atom. The highest BCUT2D eigenvalue weighted by Crippen LogP contribution is 2.13. The van der Waals surface area contributed by atoms with Crippen molar-refractivity contribution in [2.24, 2.45) is 0 Å². The second-order valence-corrected chi connectivity index (χ2v) is 4.28. The van der Waals surface area contributed by atoms with Crippen molar-refractivity contribution in [3.63, 3.8) is 0 Å². The van der Waals surface area contributed by atoms with Gasteiger partial charge in [-0.1, -0.05) is 0 Å². The molecule has 18 heavy (non-hydrogen) atoms. The van der Waals surface area contributed by atoms with Crippen molar-refractivity contribution in [2.45, 2.75) is 25.4 Å². The lowest BCUT2D eigenvalue weighted by molar-refractivity contribution is -0.0300. The molecule has 1 unspecified atom stereocenters. The zero-order chi connectivity index (χ0) is 12.8. The normalized spacial score (nSPS) is 18.9. The highest BCUT2D eigenvalue weighted by Gasteiger charge is 2.16. The number of nitriles is 1. The maximum Gasteiger partial charge on any atom is 0.338 e. The predicted octanol–water partition coefficient (Wildman–Crippen LogP) is 2.28. The molecule has 1 saturated heterocycles. The molecular formula is C14H15NO3. The van der Waals surface area contributed by atoms with Crippen molar-refractivity contribution in [3.05, 3.63) is 35.4 Å². The molecule has 1 fully saturated rings. The van der Waals surface area contributed by atoms with E-state index in [-0.39, 0.29) is 12.1 Å². The van der Waals surface area contributed by atoms with Gasteiger partial charge in [0.15, 0.2) is 0 Å². The third kappa shape index (κ3) is 3.31. The van der Waals surface area contributed by atoms with Crippen LogP contribution in [0.2, 0.25) is 0 Å². The molecule has 0 aliphatic carbocycles. The quantitative estimate of drug-likeness (QED) is 0.766. The Bertz CT molecular complexity index is 441. The van der Waals surface area contributed by atoms with Crippen molar-refractivity contribution >= 4 is 5.97 Å². The van der Waals surface area contributed by atoms with E-state index in [1.807, 2.05) is 6.07 Å². The van der Waals surface area contributed by atoms with Gasteiger partial charge < -0.3 is 9.47 Å². The number of nitrogens with zero attached hydrogens (tertiary/aromatic N) is 1. The monoisotopic (exact) mass is 245 g/mol. The maximum atomic E-state index is 11.7. The van der Waals surface area contributed by atoms with Crippen molar-refractivity contribution in [3.8, 4) is 6.07 Å². The van der Waals surface area contributed by atoms with E-state index in [0.717, 1.165) is 25.9 Å². The molecule has 0 radical (unpaired) electrons. The number of hydrogen-bond donors (Lipinski definition) is 0. The van der Waals surface area contributed by atoms with Gasteiger partial charge in [-0.05, 0) is 43.5 Å². The minimum atomic E-state index is -0.367. The molecule has 1 heterocycles. The fourth-order valence-corrected chi connectivity index (χ4v) is 1.87. The van der Waals surface area contributed by atoms with E-state index in [2.05, 4.69) is 0 Å². The van der Waals surface area contributed by atoms with Crippen molar-refractivity contribution < 1.29 is 14.3 Å². The summed E-state index contributed by atoms with van der Waals surface area (Å²) in [6.07, 6.45) is 3.18. The van der Waals surface area contributed by atoms with Gasteiger partial charge in [-0.15, -0.1) is 0 Å². The van der Waals surface area contributed by atoms with Crippen LogP contribution in [-0.2, 0) is 9.47 Å². The molecule has 1 aromatic carbocycles. The Kier molecular flexibility index (Phi) is 4.32. The topological polar surface area (TPSA) is 59.3 Å². The summed E-state index contributed by atoms with van der Waals surface area (Å²) in [4.78, 5) is 11.7. The Labute approximate surface area is 106 Å². The van der Waals surface area contributed by atoms with E-state index in [9.17, 15) is 4.79 Å². The second-order valence-electron chi connectivity index (χ2n) is 4.28. The predicted molar refractivity (Wildman–Crippen MR) is 65.0 cm³/mol. The summed E-state index contributed by atoms with van der Waals surface area (Å²) in [6.45, 7) is 1.05. The Morgan fingerprint density at radius 2 is 2.17 bits per heavy atom. The molecule has 1 aromatic rings. The molecule has 0 spiro atoms. The third-order valence-corrected chi connectivity index (χ3v) is 2.92. The number of carbonyl (C=O) groups excluding carboxylic acids is 1. The number of hydrogen-bond acceptors (Lipinski definition) is 4. The van der Waals surface area contributed by atoms with Crippen LogP contribution >= 0.6 is 0 Å². The number of carbonyl (C=O) groups is 1. The van der Waals surface area contributed by atoms with E-state index in [1.165, 1.54) is 0 Å². The van der Waals surface area contributed by atoms with Gasteiger partial charge in [0.2, 0.25) is 0 Å². The average Bonchev–Trinajstić information content (AvgIpc) is 2.46. The van der Waals surface area contributed by atoms with Crippen LogP contribution in [0.3, 0.4) is 0 Å². The maximum absolute atomic E-state index is 11.7. The Morgan fingerprint density at radius 1 is 1.39 bits per heavy atom. The van der Waals surface area contributed by atoms with Crippen molar-refractivity contribution in [1.82, 2.24) is 0 Å². The SMILES string of the molecule is N#Cc1ccc(C(=O)OCC2CCCCO2)cc1. The highest BCUT2D eigenvalue weighted by molar-refractivity contribution is 5.89. The summed E-state index contributed by atoms with van der Waals surface area (Å²) < 4.78 is 10.7. The van der Waals surface area contributed by atoms with Gasteiger partial charge in [-0.3, -0.25) is 0 Å². The highest BCUT2D eigenvalue weighted by atomic mass is 16.6. The van der Waals surface area contributed by atoms with Crippen LogP contribution in [0.15, 0.2) is 24.3 Å². The minimum Gasteiger partial charge on any atom is -0.459 e. The van der Waals surface area contributed by atoms with E-state index >= 15 is 0 Å². The lowest BCUT2D eigenvalue weighted by Crippen LogP contribution is -2.25. The van der Waals surface area contributed by atoms with Gasteiger partial charge in [0.25, 0.3) is 0 Å². The second kappa shape index (κ2) is 6.18. The lowest BCUT2D eigenvalue weighted by Gasteiger charge is -2.22. The van der Waals surface area contributed by atoms with Gasteiger partial charge in [0.1, 0.15) is 6.61 Å². The van der Waals surface area contributed by atoms with Crippen LogP contribution in [0.4, 0.5) is 0 Å². The number of benzene rings is 1. The fourth-order valence-electron chi connectivity index (χ4n) is 1.87. The molecule has 1 aliphatic heterocycles. The molecular weight excluding hydrogens is 230 g/mol.